The van der Waals surface area contributed by atoms with Crippen LogP contribution in [0.1, 0.15) is 31.2 Å². The summed E-state index contributed by atoms with van der Waals surface area (Å²) in [6.07, 6.45) is 0.808. The van der Waals surface area contributed by atoms with Crippen LogP contribution in [0.25, 0.3) is 0 Å². The van der Waals surface area contributed by atoms with E-state index in [0.717, 1.165) is 11.3 Å². The summed E-state index contributed by atoms with van der Waals surface area (Å²) in [7, 11) is 0. The van der Waals surface area contributed by atoms with Crippen molar-refractivity contribution in [3.8, 4) is 0 Å². The second-order valence-electron chi connectivity index (χ2n) is 5.25. The van der Waals surface area contributed by atoms with Gasteiger partial charge in [0.1, 0.15) is 5.54 Å². The third-order valence-electron chi connectivity index (χ3n) is 3.67. The van der Waals surface area contributed by atoms with E-state index in [9.17, 15) is 14.7 Å². The number of rotatable bonds is 5. The Morgan fingerprint density at radius 2 is 2.10 bits per heavy atom. The molecule has 20 heavy (non-hydrogen) atoms. The number of hydrogen-bond acceptors (Lipinski definition) is 3. The lowest BCUT2D eigenvalue weighted by Crippen LogP contribution is -2.54. The minimum absolute atomic E-state index is 0.0797. The summed E-state index contributed by atoms with van der Waals surface area (Å²) in [5.41, 5.74) is 0.0193. The van der Waals surface area contributed by atoms with E-state index in [1.54, 1.807) is 11.8 Å². The second-order valence-corrected chi connectivity index (χ2v) is 6.36. The Bertz CT molecular complexity index is 483. The molecule has 1 aromatic carbocycles. The molecule has 4 nitrogen and oxygen atoms in total. The van der Waals surface area contributed by atoms with Crippen LogP contribution in [0.2, 0.25) is 0 Å². The molecule has 1 aliphatic rings. The van der Waals surface area contributed by atoms with Crippen LogP contribution in [0.15, 0.2) is 30.3 Å². The molecule has 1 saturated heterocycles. The van der Waals surface area contributed by atoms with Crippen LogP contribution in [0, 0.1) is 0 Å². The maximum absolute atomic E-state index is 12.1. The molecule has 108 valence electrons. The van der Waals surface area contributed by atoms with Gasteiger partial charge in [0.25, 0.3) is 0 Å². The maximum Gasteiger partial charge on any atom is 0.330 e. The normalized spacial score (nSPS) is 23.2. The predicted molar refractivity (Wildman–Crippen MR) is 79.9 cm³/mol. The molecule has 2 atom stereocenters. The summed E-state index contributed by atoms with van der Waals surface area (Å²) in [5, 5.41) is 12.1. The third kappa shape index (κ3) is 3.33. The SMILES string of the molecule is CC(CC(=O)NC1(C(=O)O)CCSC1)c1ccccc1. The average Bonchev–Trinajstić information content (AvgIpc) is 2.89. The van der Waals surface area contributed by atoms with Crippen LogP contribution in [-0.4, -0.2) is 34.0 Å². The molecule has 1 aromatic rings. The van der Waals surface area contributed by atoms with Gasteiger partial charge in [0.05, 0.1) is 0 Å². The Morgan fingerprint density at radius 1 is 1.40 bits per heavy atom. The smallest absolute Gasteiger partial charge is 0.330 e. The zero-order chi connectivity index (χ0) is 14.6. The average molecular weight is 293 g/mol. The number of carbonyl (C=O) groups is 2. The van der Waals surface area contributed by atoms with Gasteiger partial charge >= 0.3 is 5.97 Å². The Kier molecular flexibility index (Phi) is 4.70. The zero-order valence-electron chi connectivity index (χ0n) is 11.5. The van der Waals surface area contributed by atoms with Gasteiger partial charge in [-0.15, -0.1) is 0 Å². The van der Waals surface area contributed by atoms with Crippen LogP contribution in [0.5, 0.6) is 0 Å². The fourth-order valence-electron chi connectivity index (χ4n) is 2.38. The second kappa shape index (κ2) is 6.31. The molecule has 1 aliphatic heterocycles. The van der Waals surface area contributed by atoms with Crippen molar-refractivity contribution in [2.45, 2.75) is 31.2 Å². The number of thioether (sulfide) groups is 1. The van der Waals surface area contributed by atoms with E-state index in [0.29, 0.717) is 18.6 Å². The van der Waals surface area contributed by atoms with E-state index in [2.05, 4.69) is 5.32 Å². The lowest BCUT2D eigenvalue weighted by molar-refractivity contribution is -0.146. The number of nitrogens with one attached hydrogen (secondary N) is 1. The Labute approximate surface area is 123 Å². The predicted octanol–water partition coefficient (Wildman–Crippen LogP) is 2.26. The highest BCUT2D eigenvalue weighted by Crippen LogP contribution is 2.29. The van der Waals surface area contributed by atoms with Crippen molar-refractivity contribution in [1.82, 2.24) is 5.32 Å². The van der Waals surface area contributed by atoms with Crippen molar-refractivity contribution < 1.29 is 14.7 Å². The molecular weight excluding hydrogens is 274 g/mol. The topological polar surface area (TPSA) is 66.4 Å². The number of carboxylic acid groups (broad SMARTS) is 1. The summed E-state index contributed by atoms with van der Waals surface area (Å²) < 4.78 is 0. The van der Waals surface area contributed by atoms with Gasteiger partial charge in [-0.3, -0.25) is 4.79 Å². The molecule has 0 aliphatic carbocycles. The minimum Gasteiger partial charge on any atom is -0.479 e. The number of carboxylic acids is 1. The Balaban J connectivity index is 1.97. The van der Waals surface area contributed by atoms with Crippen LogP contribution in [0.3, 0.4) is 0 Å². The standard InChI is InChI=1S/C15H19NO3S/c1-11(12-5-3-2-4-6-12)9-13(17)16-15(14(18)19)7-8-20-10-15/h2-6,11H,7-10H2,1H3,(H,16,17)(H,18,19). The molecule has 1 amide bonds. The van der Waals surface area contributed by atoms with Gasteiger partial charge in [0, 0.05) is 12.2 Å². The van der Waals surface area contributed by atoms with E-state index in [1.807, 2.05) is 37.3 Å². The monoisotopic (exact) mass is 293 g/mol. The first-order chi connectivity index (χ1) is 9.53. The van der Waals surface area contributed by atoms with E-state index in [1.165, 1.54) is 0 Å². The Morgan fingerprint density at radius 3 is 2.65 bits per heavy atom. The first-order valence-electron chi connectivity index (χ1n) is 6.70. The molecule has 0 spiro atoms. The first kappa shape index (κ1) is 14.9. The van der Waals surface area contributed by atoms with Crippen LogP contribution in [0.4, 0.5) is 0 Å². The van der Waals surface area contributed by atoms with Gasteiger partial charge in [-0.25, -0.2) is 4.79 Å². The molecular formula is C15H19NO3S. The van der Waals surface area contributed by atoms with Crippen molar-refractivity contribution in [2.24, 2.45) is 0 Å². The molecule has 2 unspecified atom stereocenters. The molecule has 2 rings (SSSR count). The highest BCUT2D eigenvalue weighted by molar-refractivity contribution is 7.99. The number of hydrogen-bond donors (Lipinski definition) is 2. The fraction of sp³-hybridized carbons (Fsp3) is 0.467. The molecule has 2 N–H and O–H groups in total. The van der Waals surface area contributed by atoms with Crippen molar-refractivity contribution in [2.75, 3.05) is 11.5 Å². The molecule has 0 saturated carbocycles. The van der Waals surface area contributed by atoms with Gasteiger partial charge in [-0.1, -0.05) is 37.3 Å². The third-order valence-corrected chi connectivity index (χ3v) is 4.86. The summed E-state index contributed by atoms with van der Waals surface area (Å²) >= 11 is 1.57. The Hall–Kier alpha value is -1.49. The van der Waals surface area contributed by atoms with Gasteiger partial charge in [0.15, 0.2) is 0 Å². The zero-order valence-corrected chi connectivity index (χ0v) is 12.3. The molecule has 5 heteroatoms. The largest absolute Gasteiger partial charge is 0.479 e. The molecule has 1 heterocycles. The highest BCUT2D eigenvalue weighted by Gasteiger charge is 2.43. The van der Waals surface area contributed by atoms with Gasteiger partial charge in [0.2, 0.25) is 5.91 Å². The van der Waals surface area contributed by atoms with Crippen LogP contribution < -0.4 is 5.32 Å². The van der Waals surface area contributed by atoms with Crippen LogP contribution >= 0.6 is 11.8 Å². The van der Waals surface area contributed by atoms with E-state index >= 15 is 0 Å². The van der Waals surface area contributed by atoms with Crippen molar-refractivity contribution in [3.63, 3.8) is 0 Å². The number of amides is 1. The highest BCUT2D eigenvalue weighted by atomic mass is 32.2. The lowest BCUT2D eigenvalue weighted by Gasteiger charge is -2.25. The van der Waals surface area contributed by atoms with E-state index in [4.69, 9.17) is 0 Å². The first-order valence-corrected chi connectivity index (χ1v) is 7.86. The quantitative estimate of drug-likeness (QED) is 0.874. The summed E-state index contributed by atoms with van der Waals surface area (Å²) in [6.45, 7) is 1.98. The van der Waals surface area contributed by atoms with Crippen molar-refractivity contribution >= 4 is 23.6 Å². The number of aliphatic carboxylic acids is 1. The van der Waals surface area contributed by atoms with Gasteiger partial charge in [-0.05, 0) is 23.7 Å². The number of benzene rings is 1. The molecule has 0 bridgehead atoms. The van der Waals surface area contributed by atoms with Gasteiger partial charge in [-0.2, -0.15) is 11.8 Å². The summed E-state index contributed by atoms with van der Waals surface area (Å²) in [6, 6.07) is 9.78. The number of carbonyl (C=O) groups excluding carboxylic acids is 1. The molecule has 0 radical (unpaired) electrons. The van der Waals surface area contributed by atoms with Crippen molar-refractivity contribution in [3.05, 3.63) is 35.9 Å². The summed E-state index contributed by atoms with van der Waals surface area (Å²) in [5.74, 6) is 0.194. The molecule has 1 fully saturated rings. The molecule has 0 aromatic heterocycles. The van der Waals surface area contributed by atoms with Crippen LogP contribution in [-0.2, 0) is 9.59 Å². The fourth-order valence-corrected chi connectivity index (χ4v) is 3.71. The van der Waals surface area contributed by atoms with Gasteiger partial charge < -0.3 is 10.4 Å². The van der Waals surface area contributed by atoms with E-state index < -0.39 is 11.5 Å². The lowest BCUT2D eigenvalue weighted by atomic mass is 9.95. The van der Waals surface area contributed by atoms with E-state index in [-0.39, 0.29) is 11.8 Å². The summed E-state index contributed by atoms with van der Waals surface area (Å²) in [4.78, 5) is 23.5. The van der Waals surface area contributed by atoms with Crippen molar-refractivity contribution in [1.29, 1.82) is 0 Å². The minimum atomic E-state index is -1.07. The maximum atomic E-state index is 12.1.